The van der Waals surface area contributed by atoms with Crippen molar-refractivity contribution in [3.8, 4) is 0 Å². The fourth-order valence-corrected chi connectivity index (χ4v) is 16.9. The standard InChI is InChI=1S/C38H33NO3P2/c40-43(28-18-8-2-9-19-28,29-20-10-3-11-21-29)37-32-26-33(36-34(32)35(39-42-36)27-16-6-1-7-17-27)38(37)44(41,30-22-12-4-13-23-30)31-24-14-5-15-25-31/h1-25,32-34,36-38H,26H2/t32-,33-,34+,36+,37+,38+/m0/s1. The second-order valence-electron chi connectivity index (χ2n) is 12.1. The third-order valence-corrected chi connectivity index (χ3v) is 17.6. The Morgan fingerprint density at radius 2 is 0.864 bits per heavy atom. The first-order chi connectivity index (χ1) is 21.6. The molecular weight excluding hydrogens is 580 g/mol. The lowest BCUT2D eigenvalue weighted by Gasteiger charge is -2.44. The van der Waals surface area contributed by atoms with Crippen LogP contribution >= 0.6 is 14.3 Å². The molecule has 4 nitrogen and oxygen atoms in total. The van der Waals surface area contributed by atoms with Crippen molar-refractivity contribution in [3.63, 3.8) is 0 Å². The Bertz CT molecular complexity index is 1810. The second-order valence-corrected chi connectivity index (χ2v) is 18.0. The minimum Gasteiger partial charge on any atom is -0.391 e. The minimum absolute atomic E-state index is 0.0237. The molecular formula is C38H33NO3P2. The number of nitrogens with zero attached hydrogens (tertiary/aromatic N) is 1. The van der Waals surface area contributed by atoms with Crippen molar-refractivity contribution in [2.75, 3.05) is 0 Å². The van der Waals surface area contributed by atoms with E-state index in [2.05, 4.69) is 12.1 Å². The average molecular weight is 614 g/mol. The van der Waals surface area contributed by atoms with E-state index in [-0.39, 0.29) is 29.5 Å². The summed E-state index contributed by atoms with van der Waals surface area (Å²) in [7, 11) is -6.71. The van der Waals surface area contributed by atoms with Gasteiger partial charge in [-0.2, -0.15) is 0 Å². The molecule has 2 aliphatic carbocycles. The Labute approximate surface area is 258 Å². The monoisotopic (exact) mass is 613 g/mol. The molecule has 5 aromatic rings. The zero-order valence-corrected chi connectivity index (χ0v) is 26.0. The van der Waals surface area contributed by atoms with Crippen LogP contribution in [0.15, 0.2) is 157 Å². The first kappa shape index (κ1) is 27.6. The van der Waals surface area contributed by atoms with E-state index < -0.39 is 19.9 Å². The first-order valence-electron chi connectivity index (χ1n) is 15.3. The van der Waals surface area contributed by atoms with Crippen LogP contribution in [0.4, 0.5) is 0 Å². The first-order valence-corrected chi connectivity index (χ1v) is 18.9. The molecule has 1 heterocycles. The van der Waals surface area contributed by atoms with Gasteiger partial charge in [-0.3, -0.25) is 0 Å². The molecule has 218 valence electrons. The van der Waals surface area contributed by atoms with Gasteiger partial charge in [0, 0.05) is 44.4 Å². The summed E-state index contributed by atoms with van der Waals surface area (Å²) < 4.78 is 32.6. The van der Waals surface area contributed by atoms with Gasteiger partial charge in [-0.1, -0.05) is 157 Å². The van der Waals surface area contributed by atoms with Crippen molar-refractivity contribution in [2.45, 2.75) is 23.8 Å². The van der Waals surface area contributed by atoms with Gasteiger partial charge < -0.3 is 14.0 Å². The maximum absolute atomic E-state index is 16.4. The third kappa shape index (κ3) is 4.08. The molecule has 5 aromatic carbocycles. The summed E-state index contributed by atoms with van der Waals surface area (Å²) in [6.45, 7) is 0. The summed E-state index contributed by atoms with van der Waals surface area (Å²) in [6.07, 6.45) is 0.585. The predicted molar refractivity (Wildman–Crippen MR) is 180 cm³/mol. The molecule has 0 amide bonds. The van der Waals surface area contributed by atoms with Gasteiger partial charge in [0.05, 0.1) is 5.71 Å². The zero-order valence-electron chi connectivity index (χ0n) is 24.2. The lowest BCUT2D eigenvalue weighted by Crippen LogP contribution is -2.50. The normalized spacial score (nSPS) is 25.7. The van der Waals surface area contributed by atoms with Gasteiger partial charge in [-0.05, 0) is 17.9 Å². The zero-order chi connectivity index (χ0) is 29.7. The Balaban J connectivity index is 1.39. The lowest BCUT2D eigenvalue weighted by atomic mass is 9.80. The van der Waals surface area contributed by atoms with Crippen molar-refractivity contribution in [1.29, 1.82) is 0 Å². The van der Waals surface area contributed by atoms with E-state index in [1.54, 1.807) is 0 Å². The molecule has 6 atom stereocenters. The predicted octanol–water partition coefficient (Wildman–Crippen LogP) is 6.82. The number of hydrogen-bond donors (Lipinski definition) is 0. The number of oxime groups is 1. The summed E-state index contributed by atoms with van der Waals surface area (Å²) in [5.41, 5.74) is 1.19. The van der Waals surface area contributed by atoms with Crippen LogP contribution in [0, 0.1) is 17.8 Å². The van der Waals surface area contributed by atoms with Crippen LogP contribution in [-0.4, -0.2) is 23.1 Å². The summed E-state index contributed by atoms with van der Waals surface area (Å²) in [5.74, 6) is -0.125. The van der Waals surface area contributed by atoms with Crippen molar-refractivity contribution < 1.29 is 14.0 Å². The molecule has 0 aromatic heterocycles. The number of fused-ring (bicyclic) bond motifs is 5. The Hall–Kier alpha value is -3.97. The lowest BCUT2D eigenvalue weighted by molar-refractivity contribution is 0.0293. The van der Waals surface area contributed by atoms with Crippen LogP contribution in [0.3, 0.4) is 0 Å². The van der Waals surface area contributed by atoms with E-state index in [0.29, 0.717) is 0 Å². The van der Waals surface area contributed by atoms with Crippen LogP contribution < -0.4 is 21.2 Å². The molecule has 8 rings (SSSR count). The smallest absolute Gasteiger partial charge is 0.147 e. The topological polar surface area (TPSA) is 55.7 Å². The highest BCUT2D eigenvalue weighted by Crippen LogP contribution is 2.73. The molecule has 1 aliphatic heterocycles. The van der Waals surface area contributed by atoms with Gasteiger partial charge in [0.2, 0.25) is 0 Å². The van der Waals surface area contributed by atoms with Crippen molar-refractivity contribution in [3.05, 3.63) is 157 Å². The Kier molecular flexibility index (Phi) is 6.82. The van der Waals surface area contributed by atoms with Gasteiger partial charge in [0.25, 0.3) is 0 Å². The molecule has 0 saturated heterocycles. The molecule has 0 unspecified atom stereocenters. The maximum Gasteiger partial charge on any atom is 0.147 e. The largest absolute Gasteiger partial charge is 0.391 e. The SMILES string of the molecule is O=P(c1ccccc1)(c1ccccc1)[C@@H]1[C@H]2C[C@@H]([C@@H]3C(c4ccccc4)=NO[C@H]23)[C@H]1P(=O)(c1ccccc1)c1ccccc1. The summed E-state index contributed by atoms with van der Waals surface area (Å²) in [6, 6.07) is 49.8. The molecule has 44 heavy (non-hydrogen) atoms. The summed E-state index contributed by atoms with van der Waals surface area (Å²) in [4.78, 5) is 6.32. The Morgan fingerprint density at radius 1 is 0.500 bits per heavy atom. The van der Waals surface area contributed by atoms with Gasteiger partial charge >= 0.3 is 0 Å². The molecule has 2 bridgehead atoms. The van der Waals surface area contributed by atoms with Crippen LogP contribution in [0.1, 0.15) is 12.0 Å². The van der Waals surface area contributed by atoms with Crippen molar-refractivity contribution >= 4 is 41.2 Å². The number of rotatable bonds is 7. The van der Waals surface area contributed by atoms with Gasteiger partial charge in [-0.15, -0.1) is 0 Å². The summed E-state index contributed by atoms with van der Waals surface area (Å²) in [5, 5.41) is 7.93. The van der Waals surface area contributed by atoms with Crippen LogP contribution in [0.5, 0.6) is 0 Å². The second kappa shape index (κ2) is 10.9. The maximum atomic E-state index is 16.4. The third-order valence-electron chi connectivity index (χ3n) is 10.1. The van der Waals surface area contributed by atoms with Crippen molar-refractivity contribution in [1.82, 2.24) is 0 Å². The highest BCUT2D eigenvalue weighted by atomic mass is 31.2. The highest BCUT2D eigenvalue weighted by molar-refractivity contribution is 7.83. The molecule has 6 heteroatoms. The fraction of sp³-hybridized carbons (Fsp3) is 0.184. The minimum atomic E-state index is -3.36. The van der Waals surface area contributed by atoms with E-state index >= 15 is 9.13 Å². The van der Waals surface area contributed by atoms with Crippen LogP contribution in [0.25, 0.3) is 0 Å². The molecule has 2 saturated carbocycles. The molecule has 0 radical (unpaired) electrons. The van der Waals surface area contributed by atoms with Crippen molar-refractivity contribution in [2.24, 2.45) is 22.9 Å². The van der Waals surface area contributed by atoms with E-state index in [1.165, 1.54) is 0 Å². The van der Waals surface area contributed by atoms with E-state index in [9.17, 15) is 0 Å². The van der Waals surface area contributed by atoms with Gasteiger partial charge in [0.15, 0.2) is 0 Å². The molecule has 2 fully saturated rings. The number of benzene rings is 5. The molecule has 0 spiro atoms. The van der Waals surface area contributed by atoms with Gasteiger partial charge in [-0.25, -0.2) is 0 Å². The van der Waals surface area contributed by atoms with E-state index in [4.69, 9.17) is 9.99 Å². The fourth-order valence-electron chi connectivity index (χ4n) is 8.39. The average Bonchev–Trinajstić information content (AvgIpc) is 3.82. The van der Waals surface area contributed by atoms with E-state index in [1.807, 2.05) is 140 Å². The van der Waals surface area contributed by atoms with E-state index in [0.717, 1.165) is 38.9 Å². The summed E-state index contributed by atoms with van der Waals surface area (Å²) >= 11 is 0. The quantitative estimate of drug-likeness (QED) is 0.189. The van der Waals surface area contributed by atoms with Crippen LogP contribution in [-0.2, 0) is 14.0 Å². The van der Waals surface area contributed by atoms with Crippen LogP contribution in [0.2, 0.25) is 0 Å². The Morgan fingerprint density at radius 3 is 1.27 bits per heavy atom. The molecule has 3 aliphatic rings. The number of hydrogen-bond acceptors (Lipinski definition) is 4. The van der Waals surface area contributed by atoms with Gasteiger partial charge in [0.1, 0.15) is 20.4 Å². The highest BCUT2D eigenvalue weighted by Gasteiger charge is 2.70. The molecule has 0 N–H and O–H groups in total.